The Labute approximate surface area is 607 Å². The first kappa shape index (κ1) is 56.9. The van der Waals surface area contributed by atoms with E-state index in [1.165, 1.54) is 123 Å². The van der Waals surface area contributed by atoms with E-state index < -0.39 is 0 Å². The number of para-hydroxylation sites is 6. The molecule has 0 bridgehead atoms. The molecule has 0 amide bonds. The fourth-order valence-corrected chi connectivity index (χ4v) is 23.3. The van der Waals surface area contributed by atoms with E-state index in [-0.39, 0.29) is 20.1 Å². The highest BCUT2D eigenvalue weighted by Crippen LogP contribution is 2.51. The average Bonchev–Trinajstić information content (AvgIpc) is 0.858. The zero-order valence-electron chi connectivity index (χ0n) is 55.0. The monoisotopic (exact) mass is 1400 g/mol. The van der Waals surface area contributed by atoms with E-state index in [9.17, 15) is 0 Å². The summed E-state index contributed by atoms with van der Waals surface area (Å²) in [5, 5.41) is 13.9. The van der Waals surface area contributed by atoms with Crippen LogP contribution in [-0.2, 0) is 0 Å². The van der Waals surface area contributed by atoms with Crippen molar-refractivity contribution in [1.29, 1.82) is 0 Å². The molecular weight excluding hydrogens is 1340 g/mol. The van der Waals surface area contributed by atoms with E-state index in [0.717, 1.165) is 95.6 Å². The number of nitrogens with zero attached hydrogens (tertiary/aromatic N) is 6. The topological polar surface area (TPSA) is 55.0 Å². The minimum atomic E-state index is -0.196. The van der Waals surface area contributed by atoms with Crippen LogP contribution in [0.4, 0.5) is 45.5 Å². The summed E-state index contributed by atoms with van der Waals surface area (Å²) in [5.74, 6) is 3.66. The number of rotatable bonds is 6. The number of ether oxygens (including phenoxy) is 2. The molecule has 5 aromatic heterocycles. The van der Waals surface area contributed by atoms with Crippen LogP contribution in [0.3, 0.4) is 0 Å². The molecule has 0 radical (unpaired) electrons. The van der Waals surface area contributed by atoms with Gasteiger partial charge in [0.15, 0.2) is 0 Å². The number of fused-ring (bicyclic) bond motifs is 25. The van der Waals surface area contributed by atoms with Gasteiger partial charge in [0.25, 0.3) is 20.1 Å². The zero-order valence-corrected chi connectivity index (χ0v) is 59.1. The van der Waals surface area contributed by atoms with Gasteiger partial charge in [-0.1, -0.05) is 146 Å². The van der Waals surface area contributed by atoms with Crippen LogP contribution in [0.5, 0.6) is 23.0 Å². The van der Waals surface area contributed by atoms with E-state index in [4.69, 9.17) is 9.47 Å². The van der Waals surface area contributed by atoms with Crippen molar-refractivity contribution in [2.75, 3.05) is 37.0 Å². The van der Waals surface area contributed by atoms with Crippen molar-refractivity contribution in [3.63, 3.8) is 0 Å². The van der Waals surface area contributed by atoms with Gasteiger partial charge in [0.2, 0.25) is 0 Å². The third-order valence-corrected chi connectivity index (χ3v) is 27.3. The summed E-state index contributed by atoms with van der Waals surface area (Å²) in [5.41, 5.74) is 28.1. The first-order valence-electron chi connectivity index (χ1n) is 34.5. The Kier molecular flexibility index (Phi) is 11.6. The van der Waals surface area contributed by atoms with Crippen LogP contribution in [0.25, 0.3) is 103 Å². The maximum atomic E-state index is 7.51. The standard InChI is InChI=1S/C85H52B3N7O2S5/c1-98-93-69-44-61-57(87-79-62(89-61)36-46(40-75(79)96-82-55-26-10-18-34-77(55)101-84(82)87)90-63-28-12-4-20-49(63)50-21-5-13-29-64(50)90)42-58(69)86-59-43-60-71(45-70(59)94(99-2)73-38-47(37-72(93)80(73)86)91-65-30-14-6-22-51(65)52-23-7-15-31-66(52)91)95(100-3)74-39-48(92-67-32-16-8-24-53(67)54-25-9-17-33-68(54)92)41-76-81(74)88(60)85-83(97-76)56-27-11-19-35-78(56)102-85/h4-45,89H,1-3H3. The second-order valence-electron chi connectivity index (χ2n) is 27.4. The number of hydrogen-bond donors (Lipinski definition) is 1. The van der Waals surface area contributed by atoms with Gasteiger partial charge in [-0.3, -0.25) is 12.9 Å². The maximum Gasteiger partial charge on any atom is 0.268 e. The van der Waals surface area contributed by atoms with Crippen molar-refractivity contribution in [3.8, 4) is 40.1 Å². The van der Waals surface area contributed by atoms with Crippen LogP contribution in [0, 0.1) is 0 Å². The molecule has 102 heavy (non-hydrogen) atoms. The lowest BCUT2D eigenvalue weighted by molar-refractivity contribution is 0.494. The molecule has 0 spiro atoms. The minimum absolute atomic E-state index is 0.133. The first-order valence-corrected chi connectivity index (χ1v) is 39.7. The molecular formula is C85H52B3N7O2S5. The predicted octanol–water partition coefficient (Wildman–Crippen LogP) is 17.4. The van der Waals surface area contributed by atoms with Crippen LogP contribution in [-0.4, -0.2) is 52.6 Å². The van der Waals surface area contributed by atoms with Crippen LogP contribution in [0.15, 0.2) is 255 Å². The lowest BCUT2D eigenvalue weighted by atomic mass is 9.30. The molecule has 0 saturated heterocycles. The summed E-state index contributed by atoms with van der Waals surface area (Å²) in [6, 6.07) is 95.5. The fraction of sp³-hybridized carbons (Fsp3) is 0.0353. The molecule has 9 nitrogen and oxygen atoms in total. The van der Waals surface area contributed by atoms with Crippen molar-refractivity contribution in [3.05, 3.63) is 255 Å². The van der Waals surface area contributed by atoms with E-state index in [2.05, 4.69) is 305 Å². The van der Waals surface area contributed by atoms with E-state index in [0.29, 0.717) is 0 Å². The highest BCUT2D eigenvalue weighted by Gasteiger charge is 2.51. The van der Waals surface area contributed by atoms with Crippen LogP contribution >= 0.6 is 58.5 Å². The molecule has 17 heteroatoms. The van der Waals surface area contributed by atoms with Gasteiger partial charge in [-0.05, 0) is 171 Å². The van der Waals surface area contributed by atoms with Gasteiger partial charge in [0.05, 0.1) is 67.2 Å². The summed E-state index contributed by atoms with van der Waals surface area (Å²) >= 11 is 9.09. The largest absolute Gasteiger partial charge is 0.457 e. The Morgan fingerprint density at radius 2 is 0.647 bits per heavy atom. The zero-order chi connectivity index (χ0) is 66.6. The molecule has 24 rings (SSSR count). The maximum absolute atomic E-state index is 7.51. The van der Waals surface area contributed by atoms with E-state index in [1.807, 2.05) is 22.7 Å². The lowest BCUT2D eigenvalue weighted by Crippen LogP contribution is -2.65. The summed E-state index contributed by atoms with van der Waals surface area (Å²) in [7, 11) is 0. The van der Waals surface area contributed by atoms with Crippen molar-refractivity contribution in [2.24, 2.45) is 0 Å². The Bertz CT molecular complexity index is 6710. The molecule has 478 valence electrons. The van der Waals surface area contributed by atoms with Crippen LogP contribution < -0.4 is 75.5 Å². The van der Waals surface area contributed by atoms with Crippen molar-refractivity contribution in [2.45, 2.75) is 0 Å². The second-order valence-corrected chi connectivity index (χ2v) is 31.8. The molecule has 11 heterocycles. The second kappa shape index (κ2) is 20.7. The number of aromatic nitrogens is 3. The molecule has 6 aliphatic heterocycles. The molecule has 1 N–H and O–H groups in total. The highest BCUT2D eigenvalue weighted by atomic mass is 32.2. The third-order valence-electron chi connectivity index (χ3n) is 22.6. The van der Waals surface area contributed by atoms with Gasteiger partial charge in [0, 0.05) is 121 Å². The predicted molar refractivity (Wildman–Crippen MR) is 443 cm³/mol. The molecule has 0 atom stereocenters. The fourth-order valence-electron chi connectivity index (χ4n) is 18.6. The van der Waals surface area contributed by atoms with Gasteiger partial charge in [-0.25, -0.2) is 0 Å². The summed E-state index contributed by atoms with van der Waals surface area (Å²) in [6.45, 7) is -0.466. The number of hydrogen-bond acceptors (Lipinski definition) is 11. The Morgan fingerprint density at radius 1 is 0.304 bits per heavy atom. The molecule has 0 aliphatic carbocycles. The smallest absolute Gasteiger partial charge is 0.268 e. The SMILES string of the molecule is CSN1c2cc3c(cc2B2c4sc5ccccc5c4Oc4cc(-n5c6ccccc6c6ccccc65)cc1c42)B1c2cc4c(cc2N(SC)c2cc(-n5c6ccccc6c6ccccc65)cc(c21)N3SC)Nc1cc(-n2c3ccccc3c3ccccc32)cc2c1B4c1sc3ccccc3c1O2. The Hall–Kier alpha value is -10.8. The number of anilines is 8. The molecule has 0 saturated carbocycles. The summed E-state index contributed by atoms with van der Waals surface area (Å²) < 4.78 is 34.8. The van der Waals surface area contributed by atoms with Crippen molar-refractivity contribution in [1.82, 2.24) is 13.7 Å². The van der Waals surface area contributed by atoms with Crippen LogP contribution in [0.2, 0.25) is 0 Å². The van der Waals surface area contributed by atoms with Gasteiger partial charge in [0.1, 0.15) is 23.0 Å². The Morgan fingerprint density at radius 3 is 1.09 bits per heavy atom. The number of nitrogens with one attached hydrogen (secondary N) is 1. The quantitative estimate of drug-likeness (QED) is 0.130. The summed E-state index contributed by atoms with van der Waals surface area (Å²) in [4.78, 5) is 0. The van der Waals surface area contributed by atoms with E-state index >= 15 is 0 Å². The number of benzene rings is 13. The van der Waals surface area contributed by atoms with Crippen molar-refractivity contribution >= 4 is 258 Å². The van der Waals surface area contributed by atoms with Gasteiger partial charge >= 0.3 is 0 Å². The number of thiophene rings is 2. The Balaban J connectivity index is 0.776. The summed E-state index contributed by atoms with van der Waals surface area (Å²) in [6.07, 6.45) is 6.75. The molecule has 18 aromatic rings. The van der Waals surface area contributed by atoms with Crippen molar-refractivity contribution < 1.29 is 9.47 Å². The molecule has 6 aliphatic rings. The lowest BCUT2D eigenvalue weighted by Gasteiger charge is -2.45. The highest BCUT2D eigenvalue weighted by molar-refractivity contribution is 8.01. The van der Waals surface area contributed by atoms with E-state index in [1.54, 1.807) is 35.8 Å². The van der Waals surface area contributed by atoms with Gasteiger partial charge < -0.3 is 28.5 Å². The third kappa shape index (κ3) is 7.36. The first-order chi connectivity index (χ1) is 50.5. The van der Waals surface area contributed by atoms with Gasteiger partial charge in [-0.15, -0.1) is 22.7 Å². The molecule has 13 aromatic carbocycles. The average molecular weight is 1400 g/mol. The normalized spacial score (nSPS) is 14.1. The van der Waals surface area contributed by atoms with Crippen LogP contribution in [0.1, 0.15) is 0 Å². The molecule has 0 fully saturated rings. The minimum Gasteiger partial charge on any atom is -0.457 e. The molecule has 0 unspecified atom stereocenters. The van der Waals surface area contributed by atoms with Gasteiger partial charge in [-0.2, -0.15) is 0 Å².